The van der Waals surface area contributed by atoms with E-state index in [4.69, 9.17) is 4.42 Å². The molecule has 1 aliphatic carbocycles. The number of carbonyl (C=O) groups is 1. The van der Waals surface area contributed by atoms with Gasteiger partial charge in [-0.05, 0) is 37.1 Å². The highest BCUT2D eigenvalue weighted by Crippen LogP contribution is 2.26. The van der Waals surface area contributed by atoms with E-state index in [0.29, 0.717) is 24.7 Å². The highest BCUT2D eigenvalue weighted by Gasteiger charge is 2.24. The van der Waals surface area contributed by atoms with Crippen molar-refractivity contribution in [3.8, 4) is 11.6 Å². The molecule has 1 saturated carbocycles. The van der Waals surface area contributed by atoms with Crippen LogP contribution in [0.4, 0.5) is 5.82 Å². The Morgan fingerprint density at radius 2 is 2.00 bits per heavy atom. The Bertz CT molecular complexity index is 872. The number of aromatic nitrogens is 2. The van der Waals surface area contributed by atoms with Crippen molar-refractivity contribution in [1.82, 2.24) is 15.3 Å². The predicted octanol–water partition coefficient (Wildman–Crippen LogP) is 3.22. The smallest absolute Gasteiger partial charge is 0.223 e. The van der Waals surface area contributed by atoms with Crippen molar-refractivity contribution in [2.75, 3.05) is 18.4 Å². The van der Waals surface area contributed by atoms with Gasteiger partial charge in [0.05, 0.1) is 11.8 Å². The topological polar surface area (TPSA) is 80.0 Å². The second-order valence-electron chi connectivity index (χ2n) is 6.24. The maximum absolute atomic E-state index is 11.9. The number of fused-ring (bicyclic) bond motifs is 1. The van der Waals surface area contributed by atoms with Crippen LogP contribution in [0.1, 0.15) is 19.3 Å². The lowest BCUT2D eigenvalue weighted by atomic mass is 9.85. The van der Waals surface area contributed by atoms with E-state index in [0.717, 1.165) is 29.6 Å². The zero-order valence-corrected chi connectivity index (χ0v) is 13.9. The molecule has 25 heavy (non-hydrogen) atoms. The molecule has 0 unspecified atom stereocenters. The van der Waals surface area contributed by atoms with E-state index in [1.807, 2.05) is 36.4 Å². The summed E-state index contributed by atoms with van der Waals surface area (Å²) in [6.45, 7) is 1.18. The largest absolute Gasteiger partial charge is 0.461 e. The molecule has 1 amide bonds. The summed E-state index contributed by atoms with van der Waals surface area (Å²) in [7, 11) is 0. The normalized spacial score (nSPS) is 14.2. The number of amides is 1. The number of nitrogens with zero attached hydrogens (tertiary/aromatic N) is 2. The number of nitrogens with one attached hydrogen (secondary N) is 2. The molecule has 6 heteroatoms. The first kappa shape index (κ1) is 15.6. The van der Waals surface area contributed by atoms with Gasteiger partial charge in [0.1, 0.15) is 5.82 Å². The highest BCUT2D eigenvalue weighted by atomic mass is 16.3. The second-order valence-corrected chi connectivity index (χ2v) is 6.24. The van der Waals surface area contributed by atoms with Gasteiger partial charge in [0.2, 0.25) is 5.91 Å². The zero-order valence-electron chi connectivity index (χ0n) is 13.9. The van der Waals surface area contributed by atoms with Gasteiger partial charge in [-0.1, -0.05) is 18.6 Å². The Morgan fingerprint density at radius 1 is 1.12 bits per heavy atom. The van der Waals surface area contributed by atoms with Gasteiger partial charge in [-0.3, -0.25) is 4.79 Å². The first-order valence-corrected chi connectivity index (χ1v) is 8.63. The third-order valence-electron chi connectivity index (χ3n) is 4.54. The van der Waals surface area contributed by atoms with E-state index >= 15 is 0 Å². The summed E-state index contributed by atoms with van der Waals surface area (Å²) in [6.07, 6.45) is 4.81. The Morgan fingerprint density at radius 3 is 2.76 bits per heavy atom. The molecule has 128 valence electrons. The van der Waals surface area contributed by atoms with Gasteiger partial charge in [0, 0.05) is 24.4 Å². The molecule has 2 heterocycles. The lowest BCUT2D eigenvalue weighted by Gasteiger charge is -2.24. The minimum Gasteiger partial charge on any atom is -0.461 e. The lowest BCUT2D eigenvalue weighted by Crippen LogP contribution is -2.36. The molecule has 0 saturated heterocycles. The number of carbonyl (C=O) groups excluding carboxylic acids is 1. The second kappa shape index (κ2) is 6.93. The van der Waals surface area contributed by atoms with Gasteiger partial charge in [-0.2, -0.15) is 0 Å². The van der Waals surface area contributed by atoms with E-state index in [9.17, 15) is 4.79 Å². The predicted molar refractivity (Wildman–Crippen MR) is 96.1 cm³/mol. The van der Waals surface area contributed by atoms with Crippen LogP contribution in [0, 0.1) is 5.92 Å². The fraction of sp³-hybridized carbons (Fsp3) is 0.316. The van der Waals surface area contributed by atoms with Crippen molar-refractivity contribution in [1.29, 1.82) is 0 Å². The van der Waals surface area contributed by atoms with Gasteiger partial charge in [0.25, 0.3) is 0 Å². The summed E-state index contributed by atoms with van der Waals surface area (Å²) in [5, 5.41) is 7.24. The Hall–Kier alpha value is -2.89. The molecule has 2 aromatic heterocycles. The average Bonchev–Trinajstić information content (AvgIpc) is 3.11. The number of hydrogen-bond acceptors (Lipinski definition) is 5. The van der Waals surface area contributed by atoms with E-state index in [2.05, 4.69) is 20.6 Å². The molecule has 1 aromatic carbocycles. The van der Waals surface area contributed by atoms with Crippen LogP contribution in [0.2, 0.25) is 0 Å². The lowest BCUT2D eigenvalue weighted by molar-refractivity contribution is -0.127. The van der Waals surface area contributed by atoms with Gasteiger partial charge >= 0.3 is 0 Å². The van der Waals surface area contributed by atoms with E-state index in [1.54, 1.807) is 6.26 Å². The van der Waals surface area contributed by atoms with Crippen LogP contribution in [0.25, 0.3) is 22.5 Å². The van der Waals surface area contributed by atoms with Crippen LogP contribution in [-0.4, -0.2) is 29.0 Å². The van der Waals surface area contributed by atoms with Crippen LogP contribution in [0.5, 0.6) is 0 Å². The summed E-state index contributed by atoms with van der Waals surface area (Å²) in [4.78, 5) is 21.0. The minimum atomic E-state index is 0.164. The Kier molecular flexibility index (Phi) is 4.33. The molecule has 0 spiro atoms. The van der Waals surface area contributed by atoms with E-state index in [1.165, 1.54) is 6.42 Å². The summed E-state index contributed by atoms with van der Waals surface area (Å²) < 4.78 is 5.42. The zero-order chi connectivity index (χ0) is 17.1. The summed E-state index contributed by atoms with van der Waals surface area (Å²) in [5.41, 5.74) is 0.852. The van der Waals surface area contributed by atoms with Crippen molar-refractivity contribution < 1.29 is 9.21 Å². The van der Waals surface area contributed by atoms with Crippen molar-refractivity contribution in [3.63, 3.8) is 0 Å². The molecule has 0 aliphatic heterocycles. The van der Waals surface area contributed by atoms with Crippen LogP contribution >= 0.6 is 0 Å². The first-order valence-electron chi connectivity index (χ1n) is 8.63. The van der Waals surface area contributed by atoms with E-state index < -0.39 is 0 Å². The molecule has 1 aliphatic rings. The number of furan rings is 1. The molecular weight excluding hydrogens is 316 g/mol. The van der Waals surface area contributed by atoms with E-state index in [-0.39, 0.29) is 11.8 Å². The van der Waals surface area contributed by atoms with Gasteiger partial charge < -0.3 is 15.1 Å². The highest BCUT2D eigenvalue weighted by molar-refractivity contribution is 5.90. The third kappa shape index (κ3) is 3.33. The van der Waals surface area contributed by atoms with Crippen molar-refractivity contribution in [2.45, 2.75) is 19.3 Å². The molecule has 4 rings (SSSR count). The van der Waals surface area contributed by atoms with Crippen molar-refractivity contribution in [2.24, 2.45) is 5.92 Å². The van der Waals surface area contributed by atoms with Gasteiger partial charge in [0.15, 0.2) is 11.6 Å². The minimum absolute atomic E-state index is 0.164. The monoisotopic (exact) mass is 336 g/mol. The maximum atomic E-state index is 11.9. The van der Waals surface area contributed by atoms with Crippen LogP contribution < -0.4 is 10.6 Å². The number of benzene rings is 1. The summed E-state index contributed by atoms with van der Waals surface area (Å²) in [5.74, 6) is 2.30. The standard InChI is InChI=1S/C19H20N4O2/c24-19(13-5-3-6-13)21-11-10-20-17-14-7-1-2-8-15(14)22-18(23-17)16-9-4-12-25-16/h1-2,4,7-9,12-13H,3,5-6,10-11H2,(H,21,24)(H,20,22,23). The molecule has 0 radical (unpaired) electrons. The summed E-state index contributed by atoms with van der Waals surface area (Å²) >= 11 is 0. The molecule has 3 aromatic rings. The van der Waals surface area contributed by atoms with Crippen LogP contribution in [0.15, 0.2) is 47.1 Å². The number of para-hydroxylation sites is 1. The Labute approximate surface area is 145 Å². The maximum Gasteiger partial charge on any atom is 0.223 e. The molecule has 1 fully saturated rings. The van der Waals surface area contributed by atoms with Crippen molar-refractivity contribution in [3.05, 3.63) is 42.7 Å². The summed E-state index contributed by atoms with van der Waals surface area (Å²) in [6, 6.07) is 11.5. The number of hydrogen-bond donors (Lipinski definition) is 2. The molecule has 0 atom stereocenters. The number of rotatable bonds is 6. The van der Waals surface area contributed by atoms with Crippen LogP contribution in [0.3, 0.4) is 0 Å². The van der Waals surface area contributed by atoms with Gasteiger partial charge in [-0.15, -0.1) is 0 Å². The third-order valence-corrected chi connectivity index (χ3v) is 4.54. The molecular formula is C19H20N4O2. The number of anilines is 1. The molecule has 6 nitrogen and oxygen atoms in total. The quantitative estimate of drug-likeness (QED) is 0.676. The fourth-order valence-corrected chi connectivity index (χ4v) is 2.91. The molecule has 0 bridgehead atoms. The Balaban J connectivity index is 1.48. The fourth-order valence-electron chi connectivity index (χ4n) is 2.91. The van der Waals surface area contributed by atoms with Gasteiger partial charge in [-0.25, -0.2) is 9.97 Å². The average molecular weight is 336 g/mol. The first-order chi connectivity index (χ1) is 12.3. The SMILES string of the molecule is O=C(NCCNc1nc(-c2ccco2)nc2ccccc12)C1CCC1. The van der Waals surface area contributed by atoms with Crippen LogP contribution in [-0.2, 0) is 4.79 Å². The molecule has 2 N–H and O–H groups in total. The van der Waals surface area contributed by atoms with Crippen molar-refractivity contribution >= 4 is 22.6 Å².